The number of nitrogens with one attached hydrogen (secondary N) is 2. The Morgan fingerprint density at radius 1 is 1.07 bits per heavy atom. The Morgan fingerprint density at radius 3 is 2.39 bits per heavy atom. The molecule has 0 atom stereocenters. The van der Waals surface area contributed by atoms with Crippen LogP contribution in [-0.4, -0.2) is 21.6 Å². The van der Waals surface area contributed by atoms with Crippen molar-refractivity contribution in [3.63, 3.8) is 0 Å². The van der Waals surface area contributed by atoms with Crippen molar-refractivity contribution in [2.24, 2.45) is 0 Å². The minimum atomic E-state index is -0.159. The minimum absolute atomic E-state index is 0.135. The van der Waals surface area contributed by atoms with Crippen molar-refractivity contribution >= 4 is 23.4 Å². The molecule has 1 heterocycles. The minimum Gasteiger partial charge on any atom is -0.325 e. The molecule has 3 aromatic rings. The van der Waals surface area contributed by atoms with Crippen LogP contribution in [0.4, 0.5) is 5.69 Å². The zero-order valence-electron chi connectivity index (χ0n) is 16.2. The summed E-state index contributed by atoms with van der Waals surface area (Å²) in [5.74, 6) is 0.0385. The molecule has 0 saturated carbocycles. The fraction of sp³-hybridized carbons (Fsp3) is 0.227. The van der Waals surface area contributed by atoms with Gasteiger partial charge in [0.25, 0.3) is 5.56 Å². The van der Waals surface area contributed by atoms with Crippen molar-refractivity contribution in [2.75, 3.05) is 11.1 Å². The van der Waals surface area contributed by atoms with Gasteiger partial charge in [0, 0.05) is 23.4 Å². The molecule has 6 heteroatoms. The van der Waals surface area contributed by atoms with E-state index in [0.29, 0.717) is 22.8 Å². The molecule has 2 N–H and O–H groups in total. The van der Waals surface area contributed by atoms with E-state index >= 15 is 0 Å². The number of rotatable bonds is 6. The highest BCUT2D eigenvalue weighted by molar-refractivity contribution is 7.99. The summed E-state index contributed by atoms with van der Waals surface area (Å²) in [6.07, 6.45) is 0.535. The number of benzene rings is 2. The van der Waals surface area contributed by atoms with Crippen molar-refractivity contribution in [1.29, 1.82) is 0 Å². The van der Waals surface area contributed by atoms with E-state index in [1.807, 2.05) is 63.2 Å². The lowest BCUT2D eigenvalue weighted by Gasteiger charge is -2.09. The zero-order valence-corrected chi connectivity index (χ0v) is 17.0. The molecular formula is C22H23N3O2S. The third kappa shape index (κ3) is 5.33. The second-order valence-corrected chi connectivity index (χ2v) is 7.77. The molecule has 1 aromatic heterocycles. The monoisotopic (exact) mass is 393 g/mol. The predicted molar refractivity (Wildman–Crippen MR) is 114 cm³/mol. The van der Waals surface area contributed by atoms with E-state index in [4.69, 9.17) is 0 Å². The SMILES string of the molecule is Cc1cc(C)cc(NC(=O)CSc2nc(C)c(Cc3ccccc3)c(=O)[nH]2)c1. The smallest absolute Gasteiger partial charge is 0.255 e. The molecule has 0 bridgehead atoms. The highest BCUT2D eigenvalue weighted by Gasteiger charge is 2.11. The summed E-state index contributed by atoms with van der Waals surface area (Å²) in [5.41, 5.74) is 5.20. The molecule has 3 rings (SSSR count). The van der Waals surface area contributed by atoms with Gasteiger partial charge >= 0.3 is 0 Å². The van der Waals surface area contributed by atoms with Gasteiger partial charge in [-0.1, -0.05) is 48.2 Å². The van der Waals surface area contributed by atoms with Gasteiger partial charge in [-0.2, -0.15) is 0 Å². The van der Waals surface area contributed by atoms with E-state index in [1.165, 1.54) is 11.8 Å². The molecule has 0 fully saturated rings. The Morgan fingerprint density at radius 2 is 1.75 bits per heavy atom. The van der Waals surface area contributed by atoms with Gasteiger partial charge in [0.05, 0.1) is 5.75 Å². The number of anilines is 1. The topological polar surface area (TPSA) is 74.8 Å². The van der Waals surface area contributed by atoms with Crippen LogP contribution in [0.1, 0.15) is 27.9 Å². The van der Waals surface area contributed by atoms with Gasteiger partial charge in [0.2, 0.25) is 5.91 Å². The van der Waals surface area contributed by atoms with E-state index < -0.39 is 0 Å². The molecule has 5 nitrogen and oxygen atoms in total. The molecule has 0 spiro atoms. The van der Waals surface area contributed by atoms with Crippen molar-refractivity contribution in [3.05, 3.63) is 86.8 Å². The molecule has 0 unspecified atom stereocenters. The third-order valence-corrected chi connectivity index (χ3v) is 5.14. The number of aryl methyl sites for hydroxylation is 3. The standard InChI is InChI=1S/C22H23N3O2S/c1-14-9-15(2)11-18(10-14)24-20(26)13-28-22-23-16(3)19(21(27)25-22)12-17-7-5-4-6-8-17/h4-11H,12-13H2,1-3H3,(H,24,26)(H,23,25,27). The summed E-state index contributed by atoms with van der Waals surface area (Å²) < 4.78 is 0. The summed E-state index contributed by atoms with van der Waals surface area (Å²) >= 11 is 1.22. The molecular weight excluding hydrogens is 370 g/mol. The number of aromatic amines is 1. The first-order valence-electron chi connectivity index (χ1n) is 9.05. The quantitative estimate of drug-likeness (QED) is 0.490. The van der Waals surface area contributed by atoms with E-state index in [1.54, 1.807) is 0 Å². The summed E-state index contributed by atoms with van der Waals surface area (Å²) in [5, 5.41) is 3.34. The summed E-state index contributed by atoms with van der Waals surface area (Å²) in [7, 11) is 0. The summed E-state index contributed by atoms with van der Waals surface area (Å²) in [4.78, 5) is 32.0. The molecule has 28 heavy (non-hydrogen) atoms. The van der Waals surface area contributed by atoms with Gasteiger partial charge in [0.1, 0.15) is 0 Å². The van der Waals surface area contributed by atoms with E-state index in [9.17, 15) is 9.59 Å². The van der Waals surface area contributed by atoms with Crippen LogP contribution in [0.15, 0.2) is 58.5 Å². The maximum Gasteiger partial charge on any atom is 0.255 e. The second-order valence-electron chi connectivity index (χ2n) is 6.81. The van der Waals surface area contributed by atoms with Crippen LogP contribution in [-0.2, 0) is 11.2 Å². The molecule has 144 valence electrons. The molecule has 0 saturated heterocycles. The van der Waals surface area contributed by atoms with Gasteiger partial charge in [-0.15, -0.1) is 0 Å². The maximum atomic E-state index is 12.5. The molecule has 0 aliphatic rings. The normalized spacial score (nSPS) is 10.7. The number of carbonyl (C=O) groups excluding carboxylic acids is 1. The second kappa shape index (κ2) is 8.89. The number of aromatic nitrogens is 2. The van der Waals surface area contributed by atoms with Gasteiger partial charge in [0.15, 0.2) is 5.16 Å². The highest BCUT2D eigenvalue weighted by atomic mass is 32.2. The van der Waals surface area contributed by atoms with Crippen molar-refractivity contribution in [1.82, 2.24) is 9.97 Å². The Bertz CT molecular complexity index is 1030. The van der Waals surface area contributed by atoms with E-state index in [-0.39, 0.29) is 17.2 Å². The fourth-order valence-electron chi connectivity index (χ4n) is 3.04. The first-order valence-corrected chi connectivity index (χ1v) is 10.0. The van der Waals surface area contributed by atoms with Crippen LogP contribution >= 0.6 is 11.8 Å². The lowest BCUT2D eigenvalue weighted by molar-refractivity contribution is -0.113. The van der Waals surface area contributed by atoms with Crippen LogP contribution in [0.3, 0.4) is 0 Å². The highest BCUT2D eigenvalue weighted by Crippen LogP contribution is 2.17. The van der Waals surface area contributed by atoms with Crippen molar-refractivity contribution in [2.45, 2.75) is 32.3 Å². The van der Waals surface area contributed by atoms with E-state index in [2.05, 4.69) is 21.4 Å². The first kappa shape index (κ1) is 19.9. The average Bonchev–Trinajstić information content (AvgIpc) is 2.63. The van der Waals surface area contributed by atoms with Crippen LogP contribution in [0.5, 0.6) is 0 Å². The lowest BCUT2D eigenvalue weighted by Crippen LogP contribution is -2.19. The Labute approximate surface area is 168 Å². The van der Waals surface area contributed by atoms with Gasteiger partial charge < -0.3 is 10.3 Å². The molecule has 0 radical (unpaired) electrons. The molecule has 0 aliphatic carbocycles. The summed E-state index contributed by atoms with van der Waals surface area (Å²) in [6, 6.07) is 15.7. The van der Waals surface area contributed by atoms with Crippen molar-refractivity contribution in [3.8, 4) is 0 Å². The molecule has 0 aliphatic heterocycles. The third-order valence-electron chi connectivity index (χ3n) is 4.27. The number of carbonyl (C=O) groups is 1. The van der Waals surface area contributed by atoms with Crippen LogP contribution in [0.2, 0.25) is 0 Å². The summed E-state index contributed by atoms with van der Waals surface area (Å²) in [6.45, 7) is 5.81. The first-order chi connectivity index (χ1) is 13.4. The average molecular weight is 394 g/mol. The largest absolute Gasteiger partial charge is 0.325 e. The van der Waals surface area contributed by atoms with E-state index in [0.717, 1.165) is 22.4 Å². The van der Waals surface area contributed by atoms with Gasteiger partial charge in [-0.25, -0.2) is 4.98 Å². The van der Waals surface area contributed by atoms with Gasteiger partial charge in [-0.05, 0) is 49.6 Å². The Kier molecular flexibility index (Phi) is 6.31. The number of hydrogen-bond acceptors (Lipinski definition) is 4. The Balaban J connectivity index is 1.64. The number of amides is 1. The molecule has 2 aromatic carbocycles. The molecule has 1 amide bonds. The Hall–Kier alpha value is -2.86. The lowest BCUT2D eigenvalue weighted by atomic mass is 10.1. The predicted octanol–water partition coefficient (Wildman–Crippen LogP) is 4.02. The van der Waals surface area contributed by atoms with Crippen molar-refractivity contribution < 1.29 is 4.79 Å². The van der Waals surface area contributed by atoms with Crippen LogP contribution < -0.4 is 10.9 Å². The number of thioether (sulfide) groups is 1. The van der Waals surface area contributed by atoms with Gasteiger partial charge in [-0.3, -0.25) is 9.59 Å². The number of hydrogen-bond donors (Lipinski definition) is 2. The zero-order chi connectivity index (χ0) is 20.1. The fourth-order valence-corrected chi connectivity index (χ4v) is 3.75. The number of nitrogens with zero attached hydrogens (tertiary/aromatic N) is 1. The maximum absolute atomic E-state index is 12.5. The number of H-pyrrole nitrogens is 1. The van der Waals surface area contributed by atoms with Crippen LogP contribution in [0.25, 0.3) is 0 Å². The van der Waals surface area contributed by atoms with Crippen LogP contribution in [0, 0.1) is 20.8 Å².